The van der Waals surface area contributed by atoms with Gasteiger partial charge in [0.15, 0.2) is 0 Å². The van der Waals surface area contributed by atoms with Gasteiger partial charge in [-0.25, -0.2) is 0 Å². The third-order valence-corrected chi connectivity index (χ3v) is 4.31. The number of hydrogen-bond donors (Lipinski definition) is 0. The second-order valence-corrected chi connectivity index (χ2v) is 5.52. The Balaban J connectivity index is 2.50. The van der Waals surface area contributed by atoms with Crippen molar-refractivity contribution < 1.29 is 0 Å². The van der Waals surface area contributed by atoms with Crippen LogP contribution in [0.4, 0.5) is 0 Å². The molecule has 1 aromatic carbocycles. The van der Waals surface area contributed by atoms with Crippen molar-refractivity contribution in [2.75, 3.05) is 0 Å². The van der Waals surface area contributed by atoms with Gasteiger partial charge in [-0.15, -0.1) is 0 Å². The standard InChI is InChI=1S/C13H11BrClN/c1-7-5-6-9(14)13-11(7)12(15)8-3-2-4-10(8)16-13/h5-6H,2-4H2,1H3. The lowest BCUT2D eigenvalue weighted by atomic mass is 10.1. The summed E-state index contributed by atoms with van der Waals surface area (Å²) in [5, 5.41) is 2.02. The first-order valence-electron chi connectivity index (χ1n) is 5.44. The highest BCUT2D eigenvalue weighted by Gasteiger charge is 2.20. The highest BCUT2D eigenvalue weighted by molar-refractivity contribution is 9.10. The monoisotopic (exact) mass is 295 g/mol. The summed E-state index contributed by atoms with van der Waals surface area (Å²) in [6, 6.07) is 4.13. The molecule has 0 unspecified atom stereocenters. The summed E-state index contributed by atoms with van der Waals surface area (Å²) in [5.74, 6) is 0. The highest BCUT2D eigenvalue weighted by Crippen LogP contribution is 2.37. The predicted molar refractivity (Wildman–Crippen MR) is 71.2 cm³/mol. The Hall–Kier alpha value is -0.600. The molecule has 1 aromatic heterocycles. The Kier molecular flexibility index (Phi) is 2.45. The molecule has 0 fully saturated rings. The van der Waals surface area contributed by atoms with Gasteiger partial charge in [-0.3, -0.25) is 4.98 Å². The summed E-state index contributed by atoms with van der Waals surface area (Å²) in [6.07, 6.45) is 3.31. The molecule has 3 heteroatoms. The van der Waals surface area contributed by atoms with Crippen LogP contribution in [0.2, 0.25) is 5.02 Å². The van der Waals surface area contributed by atoms with Gasteiger partial charge in [0.25, 0.3) is 0 Å². The maximum Gasteiger partial charge on any atom is 0.0865 e. The van der Waals surface area contributed by atoms with Crippen LogP contribution in [0, 0.1) is 6.92 Å². The van der Waals surface area contributed by atoms with Crippen molar-refractivity contribution in [3.05, 3.63) is 38.4 Å². The minimum absolute atomic E-state index is 0.913. The number of rotatable bonds is 0. The molecule has 1 aliphatic rings. The number of nitrogens with zero attached hydrogens (tertiary/aromatic N) is 1. The van der Waals surface area contributed by atoms with E-state index in [1.54, 1.807) is 0 Å². The van der Waals surface area contributed by atoms with E-state index in [0.717, 1.165) is 33.2 Å². The van der Waals surface area contributed by atoms with Gasteiger partial charge in [-0.1, -0.05) is 17.7 Å². The van der Waals surface area contributed by atoms with Gasteiger partial charge in [0.2, 0.25) is 0 Å². The first-order chi connectivity index (χ1) is 7.68. The van der Waals surface area contributed by atoms with Gasteiger partial charge in [0, 0.05) is 15.6 Å². The SMILES string of the molecule is Cc1ccc(Br)c2nc3c(c(Cl)c12)CCC3. The van der Waals surface area contributed by atoms with Crippen LogP contribution < -0.4 is 0 Å². The Morgan fingerprint density at radius 1 is 1.31 bits per heavy atom. The van der Waals surface area contributed by atoms with Crippen molar-refractivity contribution in [2.24, 2.45) is 0 Å². The van der Waals surface area contributed by atoms with E-state index < -0.39 is 0 Å². The van der Waals surface area contributed by atoms with Crippen molar-refractivity contribution in [1.82, 2.24) is 4.98 Å². The van der Waals surface area contributed by atoms with Gasteiger partial charge in [0.1, 0.15) is 0 Å². The summed E-state index contributed by atoms with van der Waals surface area (Å²) in [6.45, 7) is 2.09. The molecule has 0 bridgehead atoms. The zero-order valence-electron chi connectivity index (χ0n) is 8.98. The zero-order chi connectivity index (χ0) is 11.3. The molecule has 1 aliphatic carbocycles. The predicted octanol–water partition coefficient (Wildman–Crippen LogP) is 4.45. The lowest BCUT2D eigenvalue weighted by Crippen LogP contribution is -1.94. The molecule has 0 aliphatic heterocycles. The Morgan fingerprint density at radius 2 is 2.12 bits per heavy atom. The summed E-state index contributed by atoms with van der Waals surface area (Å²) in [5.41, 5.74) is 4.65. The molecule has 2 aromatic rings. The van der Waals surface area contributed by atoms with Gasteiger partial charge >= 0.3 is 0 Å². The van der Waals surface area contributed by atoms with E-state index in [0.29, 0.717) is 0 Å². The lowest BCUT2D eigenvalue weighted by molar-refractivity contribution is 0.901. The number of fused-ring (bicyclic) bond motifs is 2. The molecule has 0 N–H and O–H groups in total. The smallest absolute Gasteiger partial charge is 0.0865 e. The van der Waals surface area contributed by atoms with Crippen LogP contribution in [0.3, 0.4) is 0 Å². The third kappa shape index (κ3) is 1.40. The molecule has 0 saturated carbocycles. The van der Waals surface area contributed by atoms with Crippen molar-refractivity contribution in [3.63, 3.8) is 0 Å². The summed E-state index contributed by atoms with van der Waals surface area (Å²) in [4.78, 5) is 4.75. The fourth-order valence-electron chi connectivity index (χ4n) is 2.43. The third-order valence-electron chi connectivity index (χ3n) is 3.26. The topological polar surface area (TPSA) is 12.9 Å². The molecule has 0 atom stereocenters. The van der Waals surface area contributed by atoms with Gasteiger partial charge < -0.3 is 0 Å². The van der Waals surface area contributed by atoms with Crippen LogP contribution in [0.25, 0.3) is 10.9 Å². The van der Waals surface area contributed by atoms with E-state index in [1.165, 1.54) is 23.2 Å². The minimum Gasteiger partial charge on any atom is -0.251 e. The molecule has 1 nitrogen and oxygen atoms in total. The largest absolute Gasteiger partial charge is 0.251 e. The van der Waals surface area contributed by atoms with Crippen LogP contribution in [-0.2, 0) is 12.8 Å². The van der Waals surface area contributed by atoms with Gasteiger partial charge in [0.05, 0.1) is 10.5 Å². The van der Waals surface area contributed by atoms with E-state index in [1.807, 2.05) is 6.07 Å². The summed E-state index contributed by atoms with van der Waals surface area (Å²) < 4.78 is 1.03. The number of benzene rings is 1. The van der Waals surface area contributed by atoms with E-state index >= 15 is 0 Å². The molecule has 0 radical (unpaired) electrons. The minimum atomic E-state index is 0.913. The average molecular weight is 297 g/mol. The Labute approximate surface area is 108 Å². The van der Waals surface area contributed by atoms with Crippen LogP contribution in [0.1, 0.15) is 23.2 Å². The second kappa shape index (κ2) is 3.71. The molecule has 0 amide bonds. The molecule has 0 saturated heterocycles. The van der Waals surface area contributed by atoms with E-state index in [9.17, 15) is 0 Å². The zero-order valence-corrected chi connectivity index (χ0v) is 11.3. The quantitative estimate of drug-likeness (QED) is 0.700. The van der Waals surface area contributed by atoms with Crippen LogP contribution in [-0.4, -0.2) is 4.98 Å². The fraction of sp³-hybridized carbons (Fsp3) is 0.308. The van der Waals surface area contributed by atoms with Crippen molar-refractivity contribution >= 4 is 38.4 Å². The van der Waals surface area contributed by atoms with E-state index in [4.69, 9.17) is 16.6 Å². The Bertz CT molecular complexity index is 592. The van der Waals surface area contributed by atoms with E-state index in [-0.39, 0.29) is 0 Å². The van der Waals surface area contributed by atoms with Gasteiger partial charge in [-0.2, -0.15) is 0 Å². The van der Waals surface area contributed by atoms with Crippen LogP contribution >= 0.6 is 27.5 Å². The average Bonchev–Trinajstić information content (AvgIpc) is 2.72. The molecule has 16 heavy (non-hydrogen) atoms. The Morgan fingerprint density at radius 3 is 2.94 bits per heavy atom. The number of aromatic nitrogens is 1. The normalized spacial score (nSPS) is 14.4. The van der Waals surface area contributed by atoms with Crippen molar-refractivity contribution in [1.29, 1.82) is 0 Å². The lowest BCUT2D eigenvalue weighted by Gasteiger charge is -2.10. The maximum absolute atomic E-state index is 6.50. The highest BCUT2D eigenvalue weighted by atomic mass is 79.9. The number of pyridine rings is 1. The molecular formula is C13H11BrClN. The molecule has 3 rings (SSSR count). The molecule has 0 spiro atoms. The van der Waals surface area contributed by atoms with Crippen LogP contribution in [0.15, 0.2) is 16.6 Å². The van der Waals surface area contributed by atoms with Crippen LogP contribution in [0.5, 0.6) is 0 Å². The number of aryl methyl sites for hydroxylation is 2. The van der Waals surface area contributed by atoms with Crippen molar-refractivity contribution in [2.45, 2.75) is 26.2 Å². The molecule has 82 valence electrons. The number of halogens is 2. The summed E-state index contributed by atoms with van der Waals surface area (Å²) >= 11 is 10.1. The summed E-state index contributed by atoms with van der Waals surface area (Å²) in [7, 11) is 0. The second-order valence-electron chi connectivity index (χ2n) is 4.29. The fourth-order valence-corrected chi connectivity index (χ4v) is 3.29. The van der Waals surface area contributed by atoms with Crippen molar-refractivity contribution in [3.8, 4) is 0 Å². The maximum atomic E-state index is 6.50. The van der Waals surface area contributed by atoms with E-state index in [2.05, 4.69) is 28.9 Å². The first kappa shape index (κ1) is 10.5. The molecule has 1 heterocycles. The van der Waals surface area contributed by atoms with Gasteiger partial charge in [-0.05, 0) is 59.3 Å². The number of hydrogen-bond acceptors (Lipinski definition) is 1. The molecular weight excluding hydrogens is 286 g/mol. The first-order valence-corrected chi connectivity index (χ1v) is 6.61.